The van der Waals surface area contributed by atoms with Crippen LogP contribution in [0.15, 0.2) is 21.9 Å². The first-order valence-corrected chi connectivity index (χ1v) is 19.5. The summed E-state index contributed by atoms with van der Waals surface area (Å²) in [6.45, 7) is -0.263. The minimum absolute atomic E-state index is 0.000851. The van der Waals surface area contributed by atoms with Gasteiger partial charge in [0.25, 0.3) is 5.56 Å². The minimum atomic E-state index is -5.22. The molecule has 3 aliphatic heterocycles. The summed E-state index contributed by atoms with van der Waals surface area (Å²) in [7, 11) is -8.81. The maximum Gasteiger partial charge on any atom is 0.342 e. The van der Waals surface area contributed by atoms with E-state index < -0.39 is 111 Å². The minimum Gasteiger partial charge on any atom is -0.388 e. The molecule has 0 radical (unpaired) electrons. The van der Waals surface area contributed by atoms with Crippen LogP contribution in [0.1, 0.15) is 12.6 Å². The SMILES string of the molecule is COCCOCCN1C(=O)CC(SCC2OC(OP(=O)(O)CP(=O)(O)OC[C@H]3O[C@@H](n4ccc(=O)[nH]c4=O)C(O)[C@H]3O)C(O)[C@@H](O)[C@H]2O)C1=O. The molecule has 2 amide bonds. The molecule has 22 nitrogen and oxygen atoms in total. The largest absolute Gasteiger partial charge is 0.388 e. The lowest BCUT2D eigenvalue weighted by atomic mass is 10.0. The quantitative estimate of drug-likeness (QED) is 0.0423. The molecule has 0 aliphatic carbocycles. The van der Waals surface area contributed by atoms with Crippen LogP contribution in [0.3, 0.4) is 0 Å². The van der Waals surface area contributed by atoms with E-state index in [1.165, 1.54) is 7.11 Å². The van der Waals surface area contributed by atoms with Crippen LogP contribution in [0.5, 0.6) is 0 Å². The van der Waals surface area contributed by atoms with Gasteiger partial charge >= 0.3 is 20.9 Å². The number of aromatic amines is 1. The Bertz CT molecular complexity index is 1560. The van der Waals surface area contributed by atoms with E-state index in [0.717, 1.165) is 33.5 Å². The summed E-state index contributed by atoms with van der Waals surface area (Å²) in [5, 5.41) is 50.9. The summed E-state index contributed by atoms with van der Waals surface area (Å²) < 4.78 is 56.9. The first kappa shape index (κ1) is 40.9. The number of carbonyl (C=O) groups excluding carboxylic acids is 2. The van der Waals surface area contributed by atoms with Gasteiger partial charge in [-0.1, -0.05) is 0 Å². The van der Waals surface area contributed by atoms with Gasteiger partial charge in [-0.05, 0) is 0 Å². The highest BCUT2D eigenvalue weighted by atomic mass is 32.2. The van der Waals surface area contributed by atoms with Crippen LogP contribution < -0.4 is 11.2 Å². The maximum absolute atomic E-state index is 12.9. The van der Waals surface area contributed by atoms with Gasteiger partial charge < -0.3 is 58.8 Å². The van der Waals surface area contributed by atoms with Gasteiger partial charge in [-0.2, -0.15) is 0 Å². The first-order chi connectivity index (χ1) is 23.4. The highest BCUT2D eigenvalue weighted by Gasteiger charge is 2.50. The van der Waals surface area contributed by atoms with Gasteiger partial charge in [0.2, 0.25) is 11.8 Å². The molecular weight excluding hydrogens is 740 g/mol. The molecule has 284 valence electrons. The van der Waals surface area contributed by atoms with Crippen LogP contribution in [-0.4, -0.2) is 168 Å². The zero-order chi connectivity index (χ0) is 37.0. The number of methoxy groups -OCH3 is 1. The van der Waals surface area contributed by atoms with Crippen molar-refractivity contribution in [3.8, 4) is 0 Å². The van der Waals surface area contributed by atoms with E-state index in [0.29, 0.717) is 6.61 Å². The van der Waals surface area contributed by atoms with E-state index in [1.54, 1.807) is 0 Å². The predicted octanol–water partition coefficient (Wildman–Crippen LogP) is -4.15. The average Bonchev–Trinajstić information content (AvgIpc) is 3.47. The smallest absolute Gasteiger partial charge is 0.342 e. The predicted molar refractivity (Wildman–Crippen MR) is 166 cm³/mol. The van der Waals surface area contributed by atoms with Crippen LogP contribution in [-0.2, 0) is 46.7 Å². The van der Waals surface area contributed by atoms with Gasteiger partial charge in [0.1, 0.15) is 36.6 Å². The summed E-state index contributed by atoms with van der Waals surface area (Å²) in [5.74, 6) is -2.84. The van der Waals surface area contributed by atoms with E-state index in [-0.39, 0.29) is 31.9 Å². The number of carbonyl (C=O) groups is 2. The van der Waals surface area contributed by atoms with Gasteiger partial charge in [-0.25, -0.2) is 4.79 Å². The molecule has 8 N–H and O–H groups in total. The van der Waals surface area contributed by atoms with Crippen molar-refractivity contribution >= 4 is 38.8 Å². The third kappa shape index (κ3) is 10.2. The molecule has 1 aromatic rings. The Hall–Kier alpha value is -1.89. The molecule has 0 bridgehead atoms. The number of nitrogens with zero attached hydrogens (tertiary/aromatic N) is 2. The lowest BCUT2D eigenvalue weighted by Crippen LogP contribution is -2.58. The van der Waals surface area contributed by atoms with Crippen molar-refractivity contribution in [2.24, 2.45) is 0 Å². The Balaban J connectivity index is 1.30. The van der Waals surface area contributed by atoms with Gasteiger partial charge in [-0.3, -0.25) is 42.5 Å². The topological polar surface area (TPSA) is 323 Å². The third-order valence-corrected chi connectivity index (χ3v) is 13.0. The monoisotopic (exact) mass is 779 g/mol. The van der Waals surface area contributed by atoms with Gasteiger partial charge in [-0.15, -0.1) is 11.8 Å². The number of aliphatic hydroxyl groups excluding tert-OH is 5. The van der Waals surface area contributed by atoms with Crippen LogP contribution in [0, 0.1) is 0 Å². The van der Waals surface area contributed by atoms with Crippen molar-refractivity contribution in [2.45, 2.75) is 66.9 Å². The maximum atomic E-state index is 12.9. The number of nitrogens with one attached hydrogen (secondary N) is 1. The number of aliphatic hydroxyl groups is 5. The van der Waals surface area contributed by atoms with Crippen molar-refractivity contribution in [2.75, 3.05) is 51.7 Å². The molecule has 0 aromatic carbocycles. The molecule has 12 atom stereocenters. The number of likely N-dealkylation sites (tertiary alicyclic amines) is 1. The van der Waals surface area contributed by atoms with Crippen molar-refractivity contribution in [1.82, 2.24) is 14.5 Å². The fraction of sp³-hybridized carbons (Fsp3) is 0.760. The van der Waals surface area contributed by atoms with Crippen LogP contribution in [0.2, 0.25) is 0 Å². The Morgan fingerprint density at radius 2 is 1.62 bits per heavy atom. The Morgan fingerprint density at radius 3 is 2.30 bits per heavy atom. The van der Waals surface area contributed by atoms with Gasteiger partial charge in [0.15, 0.2) is 18.4 Å². The average molecular weight is 780 g/mol. The number of amides is 2. The molecule has 0 spiro atoms. The first-order valence-electron chi connectivity index (χ1n) is 15.0. The lowest BCUT2D eigenvalue weighted by Gasteiger charge is -2.40. The van der Waals surface area contributed by atoms with Crippen molar-refractivity contribution in [1.29, 1.82) is 0 Å². The van der Waals surface area contributed by atoms with Crippen molar-refractivity contribution in [3.05, 3.63) is 33.1 Å². The zero-order valence-electron chi connectivity index (χ0n) is 26.3. The summed E-state index contributed by atoms with van der Waals surface area (Å²) in [4.78, 5) is 72.1. The number of rotatable bonds is 17. The number of H-pyrrole nitrogens is 1. The summed E-state index contributed by atoms with van der Waals surface area (Å²) in [6.07, 6.45) is -15.2. The fourth-order valence-electron chi connectivity index (χ4n) is 5.15. The van der Waals surface area contributed by atoms with E-state index >= 15 is 0 Å². The lowest BCUT2D eigenvalue weighted by molar-refractivity contribution is -0.268. The van der Waals surface area contributed by atoms with Crippen molar-refractivity contribution in [3.63, 3.8) is 0 Å². The number of imide groups is 1. The number of hydrogen-bond donors (Lipinski definition) is 8. The standard InChI is InChI=1S/C25H39N3O19P2S/c1-42-6-7-43-5-4-27-16(30)8-14(22(27)36)50-10-13-18(32)19(33)21(35)24(46-13)47-49(40,41)11-48(38,39)44-9-12-17(31)20(34)23(45-12)28-3-2-15(29)26-25(28)37/h2-3,12-14,17-21,23-24,31-35H,4-11H2,1H3,(H,38,39)(H,40,41)(H,26,29,37)/t12-,13?,14?,17+,18+,19+,20?,21?,23-,24?/m1/s1. The van der Waals surface area contributed by atoms with Crippen LogP contribution in [0.25, 0.3) is 0 Å². The molecule has 3 aliphatic rings. The zero-order valence-corrected chi connectivity index (χ0v) is 28.9. The molecule has 7 unspecified atom stereocenters. The molecular formula is C25H39N3O19P2S. The number of ether oxygens (including phenoxy) is 4. The molecule has 3 fully saturated rings. The Labute approximate surface area is 286 Å². The third-order valence-electron chi connectivity index (χ3n) is 7.75. The second-order valence-corrected chi connectivity index (χ2v) is 16.8. The molecule has 1 aromatic heterocycles. The van der Waals surface area contributed by atoms with Crippen LogP contribution in [0.4, 0.5) is 0 Å². The molecule has 25 heteroatoms. The fourth-order valence-corrected chi connectivity index (χ4v) is 9.65. The Morgan fingerprint density at radius 1 is 0.920 bits per heavy atom. The number of aromatic nitrogens is 2. The molecule has 4 heterocycles. The van der Waals surface area contributed by atoms with Gasteiger partial charge in [0.05, 0.1) is 44.3 Å². The van der Waals surface area contributed by atoms with E-state index in [1.807, 2.05) is 4.98 Å². The molecule has 4 rings (SSSR count). The summed E-state index contributed by atoms with van der Waals surface area (Å²) >= 11 is 0.883. The van der Waals surface area contributed by atoms with E-state index in [9.17, 15) is 63.6 Å². The highest BCUT2D eigenvalue weighted by molar-refractivity contribution is 8.00. The second kappa shape index (κ2) is 17.3. The van der Waals surface area contributed by atoms with Crippen LogP contribution >= 0.6 is 27.0 Å². The Kier molecular flexibility index (Phi) is 14.1. The normalized spacial score (nSPS) is 34.2. The summed E-state index contributed by atoms with van der Waals surface area (Å²) in [6, 6.07) is 0.943. The van der Waals surface area contributed by atoms with E-state index in [2.05, 4.69) is 0 Å². The van der Waals surface area contributed by atoms with Gasteiger partial charge in [0, 0.05) is 31.5 Å². The summed E-state index contributed by atoms with van der Waals surface area (Å²) in [5.41, 5.74) is -1.74. The number of hydrogen-bond acceptors (Lipinski definition) is 18. The number of thioether (sulfide) groups is 1. The van der Waals surface area contributed by atoms with E-state index in [4.69, 9.17) is 28.0 Å². The molecule has 50 heavy (non-hydrogen) atoms. The second-order valence-electron chi connectivity index (χ2n) is 11.4. The molecule has 3 saturated heterocycles. The highest BCUT2D eigenvalue weighted by Crippen LogP contribution is 2.59. The van der Waals surface area contributed by atoms with Crippen molar-refractivity contribution < 1.29 is 82.0 Å². The molecule has 0 saturated carbocycles.